The molecule has 0 saturated carbocycles. The van der Waals surface area contributed by atoms with E-state index in [1.807, 2.05) is 13.8 Å². The Bertz CT molecular complexity index is 962. The first kappa shape index (κ1) is 23.9. The van der Waals surface area contributed by atoms with Crippen molar-refractivity contribution in [2.75, 3.05) is 13.2 Å². The molecule has 0 saturated heterocycles. The molecule has 0 amide bonds. The van der Waals surface area contributed by atoms with Crippen molar-refractivity contribution < 1.29 is 22.7 Å². The van der Waals surface area contributed by atoms with Crippen molar-refractivity contribution >= 4 is 45.0 Å². The van der Waals surface area contributed by atoms with Crippen LogP contribution in [0.5, 0.6) is 0 Å². The minimum absolute atomic E-state index is 0.0160. The van der Waals surface area contributed by atoms with Gasteiger partial charge in [-0.1, -0.05) is 37.0 Å². The van der Waals surface area contributed by atoms with E-state index in [4.69, 9.17) is 38.9 Å². The van der Waals surface area contributed by atoms with Crippen LogP contribution in [0.3, 0.4) is 0 Å². The highest BCUT2D eigenvalue weighted by Gasteiger charge is 2.24. The summed E-state index contributed by atoms with van der Waals surface area (Å²) in [6, 6.07) is 3.68. The molecule has 0 aromatic heterocycles. The number of halogens is 2. The molecule has 0 unspecified atom stereocenters. The normalized spacial score (nSPS) is 12.3. The highest BCUT2D eigenvalue weighted by molar-refractivity contribution is 7.89. The van der Waals surface area contributed by atoms with Gasteiger partial charge in [0.15, 0.2) is 6.61 Å². The summed E-state index contributed by atoms with van der Waals surface area (Å²) in [6.07, 6.45) is 0. The topological polar surface area (TPSA) is 139 Å². The standard InChI is InChI=1S/C17H19Cl2N3O5S/c1-9(2)7-22-28(25,26)16-4-11(13(18)5-14(16)19)17(24)27-8-15(23)12(6-20)10(3)21/h4-5,9,22H,7-8,21H2,1-3H3/b12-10-. The van der Waals surface area contributed by atoms with Gasteiger partial charge in [0.1, 0.15) is 16.5 Å². The number of ketones is 1. The summed E-state index contributed by atoms with van der Waals surface area (Å²) in [4.78, 5) is 23.8. The van der Waals surface area contributed by atoms with Gasteiger partial charge in [-0.2, -0.15) is 5.26 Å². The van der Waals surface area contributed by atoms with E-state index in [0.717, 1.165) is 12.1 Å². The Labute approximate surface area is 173 Å². The molecule has 1 aromatic carbocycles. The predicted molar refractivity (Wildman–Crippen MR) is 104 cm³/mol. The number of carbonyl (C=O) groups is 2. The molecule has 0 radical (unpaired) electrons. The highest BCUT2D eigenvalue weighted by atomic mass is 35.5. The molecule has 0 spiro atoms. The van der Waals surface area contributed by atoms with Crippen LogP contribution in [0.2, 0.25) is 10.0 Å². The predicted octanol–water partition coefficient (Wildman–Crippen LogP) is 2.41. The van der Waals surface area contributed by atoms with Crippen LogP contribution < -0.4 is 10.5 Å². The van der Waals surface area contributed by atoms with Crippen LogP contribution in [0.1, 0.15) is 31.1 Å². The summed E-state index contributed by atoms with van der Waals surface area (Å²) in [5.74, 6) is -1.81. The van der Waals surface area contributed by atoms with Crippen LogP contribution in [-0.4, -0.2) is 33.3 Å². The molecule has 11 heteroatoms. The molecule has 0 fully saturated rings. The fourth-order valence-corrected chi connectivity index (χ4v) is 3.96. The van der Waals surface area contributed by atoms with E-state index < -0.39 is 28.4 Å². The molecule has 8 nitrogen and oxygen atoms in total. The molecular formula is C17H19Cl2N3O5S. The zero-order valence-electron chi connectivity index (χ0n) is 15.4. The number of allylic oxidation sites excluding steroid dienone is 1. The molecule has 0 bridgehead atoms. The lowest BCUT2D eigenvalue weighted by atomic mass is 10.1. The van der Waals surface area contributed by atoms with E-state index in [1.165, 1.54) is 6.92 Å². The second-order valence-electron chi connectivity index (χ2n) is 6.18. The molecule has 0 heterocycles. The lowest BCUT2D eigenvalue weighted by Gasteiger charge is -2.12. The molecule has 0 aliphatic carbocycles. The number of hydrogen-bond acceptors (Lipinski definition) is 7. The first-order valence-corrected chi connectivity index (χ1v) is 10.2. The van der Waals surface area contributed by atoms with Crippen molar-refractivity contribution in [1.82, 2.24) is 4.72 Å². The summed E-state index contributed by atoms with van der Waals surface area (Å²) < 4.78 is 32.0. The Balaban J connectivity index is 3.12. The maximum Gasteiger partial charge on any atom is 0.340 e. The van der Waals surface area contributed by atoms with Gasteiger partial charge in [0.05, 0.1) is 15.6 Å². The maximum absolute atomic E-state index is 12.4. The number of benzene rings is 1. The average Bonchev–Trinajstić information content (AvgIpc) is 2.58. The fourth-order valence-electron chi connectivity index (χ4n) is 1.90. The maximum atomic E-state index is 12.4. The third-order valence-electron chi connectivity index (χ3n) is 3.33. The molecule has 3 N–H and O–H groups in total. The van der Waals surface area contributed by atoms with Crippen molar-refractivity contribution in [3.8, 4) is 6.07 Å². The third-order valence-corrected chi connectivity index (χ3v) is 5.53. The van der Waals surface area contributed by atoms with Gasteiger partial charge in [0.2, 0.25) is 15.8 Å². The Hall–Kier alpha value is -2.12. The first-order valence-electron chi connectivity index (χ1n) is 7.96. The van der Waals surface area contributed by atoms with E-state index in [0.29, 0.717) is 0 Å². The number of Topliss-reactive ketones (excluding diaryl/α,β-unsaturated/α-hetero) is 1. The monoisotopic (exact) mass is 447 g/mol. The van der Waals surface area contributed by atoms with E-state index >= 15 is 0 Å². The molecule has 1 rings (SSSR count). The van der Waals surface area contributed by atoms with Gasteiger partial charge in [-0.05, 0) is 25.0 Å². The van der Waals surface area contributed by atoms with Crippen LogP contribution in [-0.2, 0) is 19.6 Å². The third kappa shape index (κ3) is 6.21. The van der Waals surface area contributed by atoms with Crippen LogP contribution in [0.4, 0.5) is 0 Å². The molecule has 152 valence electrons. The van der Waals surface area contributed by atoms with Gasteiger partial charge in [0, 0.05) is 12.2 Å². The molecule has 1 aromatic rings. The molecule has 0 aliphatic rings. The van der Waals surface area contributed by atoms with E-state index in [-0.39, 0.29) is 44.2 Å². The van der Waals surface area contributed by atoms with E-state index in [1.54, 1.807) is 6.07 Å². The Morgan fingerprint density at radius 2 is 1.89 bits per heavy atom. The van der Waals surface area contributed by atoms with Gasteiger partial charge >= 0.3 is 5.97 Å². The molecular weight excluding hydrogens is 429 g/mol. The quantitative estimate of drug-likeness (QED) is 0.354. The Kier molecular flexibility index (Phi) is 8.45. The SMILES string of the molecule is C/C(N)=C(\C#N)C(=O)COC(=O)c1cc(S(=O)(=O)NCC(C)C)c(Cl)cc1Cl. The number of nitrogens with one attached hydrogen (secondary N) is 1. The van der Waals surface area contributed by atoms with Crippen molar-refractivity contribution in [2.45, 2.75) is 25.7 Å². The van der Waals surface area contributed by atoms with Crippen molar-refractivity contribution in [3.05, 3.63) is 39.0 Å². The van der Waals surface area contributed by atoms with Crippen LogP contribution in [0.25, 0.3) is 0 Å². The van der Waals surface area contributed by atoms with Crippen molar-refractivity contribution in [2.24, 2.45) is 11.7 Å². The number of carbonyl (C=O) groups excluding carboxylic acids is 2. The van der Waals surface area contributed by atoms with E-state index in [9.17, 15) is 18.0 Å². The number of sulfonamides is 1. The van der Waals surface area contributed by atoms with Gasteiger partial charge in [-0.15, -0.1) is 0 Å². The fraction of sp³-hybridized carbons (Fsp3) is 0.353. The minimum Gasteiger partial charge on any atom is -0.454 e. The number of nitrogens with zero attached hydrogens (tertiary/aromatic N) is 1. The summed E-state index contributed by atoms with van der Waals surface area (Å²) in [5.41, 5.74) is 4.76. The van der Waals surface area contributed by atoms with Gasteiger partial charge in [-0.3, -0.25) is 4.79 Å². The smallest absolute Gasteiger partial charge is 0.340 e. The summed E-state index contributed by atoms with van der Waals surface area (Å²) in [6.45, 7) is 4.40. The van der Waals surface area contributed by atoms with E-state index in [2.05, 4.69) is 4.72 Å². The van der Waals surface area contributed by atoms with Gasteiger partial charge in [0.25, 0.3) is 0 Å². The van der Waals surface area contributed by atoms with Crippen LogP contribution in [0, 0.1) is 17.2 Å². The average molecular weight is 448 g/mol. The zero-order chi connectivity index (χ0) is 21.6. The van der Waals surface area contributed by atoms with Crippen molar-refractivity contribution in [3.63, 3.8) is 0 Å². The number of nitrogens with two attached hydrogens (primary N) is 1. The largest absolute Gasteiger partial charge is 0.454 e. The number of nitriles is 1. The highest BCUT2D eigenvalue weighted by Crippen LogP contribution is 2.29. The van der Waals surface area contributed by atoms with Crippen molar-refractivity contribution in [1.29, 1.82) is 5.26 Å². The number of ether oxygens (including phenoxy) is 1. The van der Waals surface area contributed by atoms with Crippen LogP contribution >= 0.6 is 23.2 Å². The second-order valence-corrected chi connectivity index (χ2v) is 8.73. The van der Waals surface area contributed by atoms with Crippen LogP contribution in [0.15, 0.2) is 28.3 Å². The second kappa shape index (κ2) is 9.89. The van der Waals surface area contributed by atoms with Gasteiger partial charge < -0.3 is 10.5 Å². The Morgan fingerprint density at radius 3 is 2.39 bits per heavy atom. The summed E-state index contributed by atoms with van der Waals surface area (Å²) in [5, 5.41) is 8.55. The zero-order valence-corrected chi connectivity index (χ0v) is 17.7. The summed E-state index contributed by atoms with van der Waals surface area (Å²) in [7, 11) is -4.00. The first-order chi connectivity index (χ1) is 12.9. The summed E-state index contributed by atoms with van der Waals surface area (Å²) >= 11 is 11.9. The number of rotatable bonds is 8. The van der Waals surface area contributed by atoms with Gasteiger partial charge in [-0.25, -0.2) is 17.9 Å². The number of esters is 1. The Morgan fingerprint density at radius 1 is 1.29 bits per heavy atom. The lowest BCUT2D eigenvalue weighted by molar-refractivity contribution is -0.118. The minimum atomic E-state index is -4.00. The molecule has 0 atom stereocenters. The molecule has 28 heavy (non-hydrogen) atoms. The lowest BCUT2D eigenvalue weighted by Crippen LogP contribution is -2.28. The number of hydrogen-bond donors (Lipinski definition) is 2. The molecule has 0 aliphatic heterocycles.